The molecule has 1 saturated heterocycles. The van der Waals surface area contributed by atoms with E-state index in [-0.39, 0.29) is 0 Å². The van der Waals surface area contributed by atoms with Gasteiger partial charge in [0, 0.05) is 23.8 Å². The maximum absolute atomic E-state index is 6.05. The topological polar surface area (TPSA) is 3.24 Å². The highest BCUT2D eigenvalue weighted by atomic mass is 35.5. The van der Waals surface area contributed by atoms with Gasteiger partial charge in [-0.1, -0.05) is 17.7 Å². The van der Waals surface area contributed by atoms with Crippen molar-refractivity contribution in [2.45, 2.75) is 19.8 Å². The summed E-state index contributed by atoms with van der Waals surface area (Å²) >= 11 is 6.05. The molecule has 2 aromatic rings. The highest BCUT2D eigenvalue weighted by Crippen LogP contribution is 2.29. The highest BCUT2D eigenvalue weighted by molar-refractivity contribution is 6.31. The van der Waals surface area contributed by atoms with E-state index in [0.29, 0.717) is 0 Å². The van der Waals surface area contributed by atoms with Crippen LogP contribution in [0.25, 0.3) is 10.8 Å². The van der Waals surface area contributed by atoms with Gasteiger partial charge in [-0.15, -0.1) is 0 Å². The van der Waals surface area contributed by atoms with Gasteiger partial charge in [-0.3, -0.25) is 0 Å². The standard InChI is InChI=1S/C15H16ClN/c1-11-8-14(17-6-2-3-7-17)9-12-4-5-13(16)10-15(11)12/h4-5,8-10H,2-3,6-7H2,1H3. The van der Waals surface area contributed by atoms with Crippen LogP contribution in [0.15, 0.2) is 30.3 Å². The Kier molecular flexibility index (Phi) is 2.71. The van der Waals surface area contributed by atoms with Crippen molar-refractivity contribution in [3.05, 3.63) is 40.9 Å². The van der Waals surface area contributed by atoms with Crippen LogP contribution in [-0.4, -0.2) is 13.1 Å². The summed E-state index contributed by atoms with van der Waals surface area (Å²) in [7, 11) is 0. The quantitative estimate of drug-likeness (QED) is 0.720. The highest BCUT2D eigenvalue weighted by Gasteiger charge is 2.13. The predicted octanol–water partition coefficient (Wildman–Crippen LogP) is 4.40. The molecule has 1 heterocycles. The van der Waals surface area contributed by atoms with Gasteiger partial charge in [-0.05, 0) is 60.4 Å². The van der Waals surface area contributed by atoms with Gasteiger partial charge in [0.25, 0.3) is 0 Å². The van der Waals surface area contributed by atoms with E-state index < -0.39 is 0 Å². The molecule has 0 aromatic heterocycles. The van der Waals surface area contributed by atoms with E-state index in [4.69, 9.17) is 11.6 Å². The number of anilines is 1. The minimum atomic E-state index is 0.814. The summed E-state index contributed by atoms with van der Waals surface area (Å²) in [5.41, 5.74) is 2.67. The van der Waals surface area contributed by atoms with Crippen molar-refractivity contribution >= 4 is 28.1 Å². The van der Waals surface area contributed by atoms with Crippen LogP contribution in [0.1, 0.15) is 18.4 Å². The molecule has 1 aliphatic rings. The molecule has 0 saturated carbocycles. The van der Waals surface area contributed by atoms with E-state index in [2.05, 4.69) is 36.1 Å². The van der Waals surface area contributed by atoms with Gasteiger partial charge in [0.1, 0.15) is 0 Å². The Morgan fingerprint density at radius 2 is 1.82 bits per heavy atom. The molecule has 0 aliphatic carbocycles. The largest absolute Gasteiger partial charge is 0.372 e. The molecular formula is C15H16ClN. The third-order valence-electron chi connectivity index (χ3n) is 3.58. The van der Waals surface area contributed by atoms with Gasteiger partial charge in [0.05, 0.1) is 0 Å². The first-order valence-electron chi connectivity index (χ1n) is 6.19. The summed E-state index contributed by atoms with van der Waals surface area (Å²) in [5, 5.41) is 3.37. The minimum absolute atomic E-state index is 0.814. The van der Waals surface area contributed by atoms with E-state index in [1.54, 1.807) is 0 Å². The first-order valence-corrected chi connectivity index (χ1v) is 6.57. The molecule has 0 N–H and O–H groups in total. The summed E-state index contributed by atoms with van der Waals surface area (Å²) in [5.74, 6) is 0. The lowest BCUT2D eigenvalue weighted by Gasteiger charge is -2.19. The fraction of sp³-hybridized carbons (Fsp3) is 0.333. The Hall–Kier alpha value is -1.21. The van der Waals surface area contributed by atoms with Gasteiger partial charge < -0.3 is 4.90 Å². The monoisotopic (exact) mass is 245 g/mol. The van der Waals surface area contributed by atoms with Crippen LogP contribution in [0.2, 0.25) is 5.02 Å². The Labute approximate surface area is 107 Å². The first kappa shape index (κ1) is 10.9. The van der Waals surface area contributed by atoms with Crippen molar-refractivity contribution in [2.75, 3.05) is 18.0 Å². The van der Waals surface area contributed by atoms with Gasteiger partial charge in [-0.25, -0.2) is 0 Å². The van der Waals surface area contributed by atoms with Crippen LogP contribution in [0, 0.1) is 6.92 Å². The summed E-state index contributed by atoms with van der Waals surface area (Å²) in [6.07, 6.45) is 2.63. The molecule has 1 aliphatic heterocycles. The van der Waals surface area contributed by atoms with Crippen molar-refractivity contribution in [3.63, 3.8) is 0 Å². The van der Waals surface area contributed by atoms with Crippen molar-refractivity contribution in [2.24, 2.45) is 0 Å². The molecule has 17 heavy (non-hydrogen) atoms. The van der Waals surface area contributed by atoms with Crippen molar-refractivity contribution in [1.82, 2.24) is 0 Å². The first-order chi connectivity index (χ1) is 8.24. The zero-order chi connectivity index (χ0) is 11.8. The lowest BCUT2D eigenvalue weighted by atomic mass is 10.0. The Morgan fingerprint density at radius 1 is 1.06 bits per heavy atom. The van der Waals surface area contributed by atoms with Gasteiger partial charge >= 0.3 is 0 Å². The molecule has 3 rings (SSSR count). The molecule has 0 atom stereocenters. The number of hydrogen-bond acceptors (Lipinski definition) is 1. The number of fused-ring (bicyclic) bond motifs is 1. The number of nitrogens with zero attached hydrogens (tertiary/aromatic N) is 1. The normalized spacial score (nSPS) is 15.8. The van der Waals surface area contributed by atoms with E-state index in [1.165, 1.54) is 48.0 Å². The average molecular weight is 246 g/mol. The van der Waals surface area contributed by atoms with Crippen LogP contribution in [0.3, 0.4) is 0 Å². The Balaban J connectivity index is 2.13. The summed E-state index contributed by atoms with van der Waals surface area (Å²) in [6, 6.07) is 10.7. The number of benzene rings is 2. The van der Waals surface area contributed by atoms with Crippen LogP contribution in [0.5, 0.6) is 0 Å². The Morgan fingerprint density at radius 3 is 2.59 bits per heavy atom. The third-order valence-corrected chi connectivity index (χ3v) is 3.81. The van der Waals surface area contributed by atoms with Crippen molar-refractivity contribution in [3.8, 4) is 0 Å². The number of rotatable bonds is 1. The van der Waals surface area contributed by atoms with Crippen LogP contribution < -0.4 is 4.90 Å². The molecule has 0 spiro atoms. The molecule has 0 bridgehead atoms. The number of halogens is 1. The van der Waals surface area contributed by atoms with Crippen LogP contribution >= 0.6 is 11.6 Å². The smallest absolute Gasteiger partial charge is 0.0412 e. The second-order valence-corrected chi connectivity index (χ2v) is 5.26. The van der Waals surface area contributed by atoms with Crippen molar-refractivity contribution in [1.29, 1.82) is 0 Å². The summed E-state index contributed by atoms with van der Waals surface area (Å²) in [4.78, 5) is 2.47. The lowest BCUT2D eigenvalue weighted by Crippen LogP contribution is -2.17. The number of aryl methyl sites for hydroxylation is 1. The molecule has 88 valence electrons. The molecular weight excluding hydrogens is 230 g/mol. The zero-order valence-corrected chi connectivity index (χ0v) is 10.8. The Bertz CT molecular complexity index is 556. The molecule has 1 fully saturated rings. The van der Waals surface area contributed by atoms with E-state index in [0.717, 1.165) is 5.02 Å². The van der Waals surface area contributed by atoms with Crippen LogP contribution in [-0.2, 0) is 0 Å². The van der Waals surface area contributed by atoms with Gasteiger partial charge in [0.15, 0.2) is 0 Å². The van der Waals surface area contributed by atoms with E-state index in [9.17, 15) is 0 Å². The molecule has 2 aromatic carbocycles. The predicted molar refractivity (Wildman–Crippen MR) is 75.1 cm³/mol. The van der Waals surface area contributed by atoms with E-state index in [1.807, 2.05) is 6.07 Å². The molecule has 0 unspecified atom stereocenters. The van der Waals surface area contributed by atoms with Crippen molar-refractivity contribution < 1.29 is 0 Å². The number of hydrogen-bond donors (Lipinski definition) is 0. The van der Waals surface area contributed by atoms with E-state index >= 15 is 0 Å². The van der Waals surface area contributed by atoms with Crippen LogP contribution in [0.4, 0.5) is 5.69 Å². The molecule has 0 radical (unpaired) electrons. The van der Waals surface area contributed by atoms with Gasteiger partial charge in [0.2, 0.25) is 0 Å². The third kappa shape index (κ3) is 2.00. The lowest BCUT2D eigenvalue weighted by molar-refractivity contribution is 0.949. The second kappa shape index (κ2) is 4.23. The maximum Gasteiger partial charge on any atom is 0.0412 e. The minimum Gasteiger partial charge on any atom is -0.372 e. The summed E-state index contributed by atoms with van der Waals surface area (Å²) < 4.78 is 0. The summed E-state index contributed by atoms with van der Waals surface area (Å²) in [6.45, 7) is 4.55. The average Bonchev–Trinajstić information content (AvgIpc) is 2.83. The SMILES string of the molecule is Cc1cc(N2CCCC2)cc2ccc(Cl)cc12. The molecule has 2 heteroatoms. The molecule has 0 amide bonds. The second-order valence-electron chi connectivity index (χ2n) is 4.82. The zero-order valence-electron chi connectivity index (χ0n) is 10.0. The maximum atomic E-state index is 6.05. The van der Waals surface area contributed by atoms with Gasteiger partial charge in [-0.2, -0.15) is 0 Å². The molecule has 1 nitrogen and oxygen atoms in total. The fourth-order valence-electron chi connectivity index (χ4n) is 2.65. The fourth-order valence-corrected chi connectivity index (χ4v) is 2.83.